The van der Waals surface area contributed by atoms with Crippen LogP contribution in [0.2, 0.25) is 6.04 Å². The second kappa shape index (κ2) is 12.3. The molecule has 0 fully saturated rings. The van der Waals surface area contributed by atoms with E-state index in [1.54, 1.807) is 0 Å². The van der Waals surface area contributed by atoms with Gasteiger partial charge in [0.1, 0.15) is 0 Å². The Balaban J connectivity index is 1.56. The lowest BCUT2D eigenvalue weighted by Crippen LogP contribution is -2.45. The molecule has 0 amide bonds. The number of aryl methyl sites for hydroxylation is 1. The first-order chi connectivity index (χ1) is 16.3. The van der Waals surface area contributed by atoms with E-state index in [0.717, 1.165) is 23.1 Å². The molecule has 0 heterocycles. The van der Waals surface area contributed by atoms with Crippen LogP contribution in [-0.2, 0) is 39.5 Å². The summed E-state index contributed by atoms with van der Waals surface area (Å²) in [7, 11) is -3.03. The molecule has 33 heavy (non-hydrogen) atoms. The molecule has 0 saturated carbocycles. The first kappa shape index (κ1) is 23.1. The molecule has 4 rings (SSSR count). The number of hydrogen-bond acceptors (Lipinski definition) is 3. The minimum Gasteiger partial charge on any atom is -0.369 e. The van der Waals surface area contributed by atoms with Gasteiger partial charge in [0.15, 0.2) is 0 Å². The summed E-state index contributed by atoms with van der Waals surface area (Å²) in [5, 5.41) is 0. The Labute approximate surface area is 198 Å². The fraction of sp³-hybridized carbons (Fsp3) is 0.172. The highest BCUT2D eigenvalue weighted by atomic mass is 28.4. The lowest BCUT2D eigenvalue weighted by Gasteiger charge is -2.30. The molecule has 4 heteroatoms. The Morgan fingerprint density at radius 1 is 0.394 bits per heavy atom. The van der Waals surface area contributed by atoms with Crippen molar-refractivity contribution in [1.82, 2.24) is 0 Å². The van der Waals surface area contributed by atoms with Gasteiger partial charge in [-0.3, -0.25) is 0 Å². The van der Waals surface area contributed by atoms with Crippen LogP contribution in [-0.4, -0.2) is 8.80 Å². The molecule has 0 spiro atoms. The third-order valence-corrected chi connectivity index (χ3v) is 8.08. The summed E-state index contributed by atoms with van der Waals surface area (Å²) < 4.78 is 19.7. The molecule has 0 unspecified atom stereocenters. The zero-order valence-electron chi connectivity index (χ0n) is 18.8. The predicted octanol–water partition coefficient (Wildman–Crippen LogP) is 6.82. The van der Waals surface area contributed by atoms with Crippen LogP contribution in [0.1, 0.15) is 22.3 Å². The summed E-state index contributed by atoms with van der Waals surface area (Å²) in [6.45, 7) is 1.39. The van der Waals surface area contributed by atoms with Gasteiger partial charge >= 0.3 is 8.80 Å². The van der Waals surface area contributed by atoms with Crippen molar-refractivity contribution in [3.63, 3.8) is 0 Å². The quantitative estimate of drug-likeness (QED) is 0.220. The first-order valence-corrected chi connectivity index (χ1v) is 13.3. The molecule has 3 nitrogen and oxygen atoms in total. The number of rotatable bonds is 12. The highest BCUT2D eigenvalue weighted by Crippen LogP contribution is 2.24. The average Bonchev–Trinajstić information content (AvgIpc) is 2.90. The van der Waals surface area contributed by atoms with Crippen molar-refractivity contribution in [3.8, 4) is 0 Å². The Kier molecular flexibility index (Phi) is 8.61. The van der Waals surface area contributed by atoms with Crippen LogP contribution in [0.3, 0.4) is 0 Å². The maximum absolute atomic E-state index is 6.58. The predicted molar refractivity (Wildman–Crippen MR) is 134 cm³/mol. The van der Waals surface area contributed by atoms with Crippen LogP contribution in [0.25, 0.3) is 0 Å². The van der Waals surface area contributed by atoms with E-state index >= 15 is 0 Å². The monoisotopic (exact) mass is 454 g/mol. The van der Waals surface area contributed by atoms with Crippen molar-refractivity contribution in [2.75, 3.05) is 0 Å². The highest BCUT2D eigenvalue weighted by molar-refractivity contribution is 6.60. The van der Waals surface area contributed by atoms with Crippen LogP contribution >= 0.6 is 0 Å². The molecule has 4 aromatic rings. The van der Waals surface area contributed by atoms with Crippen LogP contribution in [0.4, 0.5) is 0 Å². The van der Waals surface area contributed by atoms with Crippen LogP contribution < -0.4 is 0 Å². The fourth-order valence-electron chi connectivity index (χ4n) is 3.59. The molecule has 0 aliphatic rings. The highest BCUT2D eigenvalue weighted by Gasteiger charge is 2.41. The molecule has 0 aliphatic heterocycles. The van der Waals surface area contributed by atoms with Gasteiger partial charge in [-0.15, -0.1) is 0 Å². The Bertz CT molecular complexity index is 878. The third kappa shape index (κ3) is 7.51. The maximum atomic E-state index is 6.58. The third-order valence-electron chi connectivity index (χ3n) is 5.47. The molecule has 0 atom stereocenters. The molecule has 0 aromatic heterocycles. The van der Waals surface area contributed by atoms with Gasteiger partial charge in [0.25, 0.3) is 0 Å². The van der Waals surface area contributed by atoms with E-state index < -0.39 is 8.80 Å². The molecular formula is C29H30O3Si. The molecule has 168 valence electrons. The van der Waals surface area contributed by atoms with Gasteiger partial charge in [-0.05, 0) is 28.7 Å². The molecule has 0 radical (unpaired) electrons. The van der Waals surface area contributed by atoms with E-state index in [1.165, 1.54) is 5.56 Å². The minimum atomic E-state index is -3.03. The SMILES string of the molecule is c1ccc(CC[Si](OCc2ccccc2)(OCc2ccccc2)OCc2ccccc2)cc1. The zero-order chi connectivity index (χ0) is 22.6. The smallest absolute Gasteiger partial charge is 0.369 e. The summed E-state index contributed by atoms with van der Waals surface area (Å²) in [5.74, 6) is 0. The van der Waals surface area contributed by atoms with Gasteiger partial charge in [0.05, 0.1) is 19.8 Å². The lowest BCUT2D eigenvalue weighted by molar-refractivity contribution is 0.0428. The largest absolute Gasteiger partial charge is 0.502 e. The maximum Gasteiger partial charge on any atom is 0.502 e. The van der Waals surface area contributed by atoms with Gasteiger partial charge < -0.3 is 13.3 Å². The molecule has 0 saturated heterocycles. The summed E-state index contributed by atoms with van der Waals surface area (Å²) in [5.41, 5.74) is 4.59. The standard InChI is InChI=1S/C29H30O3Si/c1-5-13-26(14-6-1)21-22-33(30-23-27-15-7-2-8-16-27,31-24-28-17-9-3-10-18-28)32-25-29-19-11-4-12-20-29/h1-20H,21-25H2. The minimum absolute atomic E-state index is 0.464. The lowest BCUT2D eigenvalue weighted by atomic mass is 10.2. The van der Waals surface area contributed by atoms with Crippen molar-refractivity contribution in [3.05, 3.63) is 144 Å². The van der Waals surface area contributed by atoms with Crippen molar-refractivity contribution in [2.45, 2.75) is 32.3 Å². The second-order valence-electron chi connectivity index (χ2n) is 7.99. The zero-order valence-corrected chi connectivity index (χ0v) is 19.8. The van der Waals surface area contributed by atoms with Gasteiger partial charge in [0, 0.05) is 6.04 Å². The van der Waals surface area contributed by atoms with E-state index in [1.807, 2.05) is 60.7 Å². The molecule has 4 aromatic carbocycles. The van der Waals surface area contributed by atoms with Gasteiger partial charge in [0.2, 0.25) is 0 Å². The van der Waals surface area contributed by atoms with Crippen molar-refractivity contribution < 1.29 is 13.3 Å². The summed E-state index contributed by atoms with van der Waals surface area (Å²) in [6.07, 6.45) is 0.839. The van der Waals surface area contributed by atoms with Crippen LogP contribution in [0, 0.1) is 0 Å². The number of benzene rings is 4. The molecular weight excluding hydrogens is 424 g/mol. The van der Waals surface area contributed by atoms with Crippen molar-refractivity contribution >= 4 is 8.80 Å². The fourth-order valence-corrected chi connectivity index (χ4v) is 6.02. The second-order valence-corrected chi connectivity index (χ2v) is 10.7. The van der Waals surface area contributed by atoms with E-state index in [2.05, 4.69) is 60.7 Å². The van der Waals surface area contributed by atoms with Gasteiger partial charge in [-0.2, -0.15) is 0 Å². The van der Waals surface area contributed by atoms with Gasteiger partial charge in [-0.25, -0.2) is 0 Å². The van der Waals surface area contributed by atoms with Crippen LogP contribution in [0.15, 0.2) is 121 Å². The topological polar surface area (TPSA) is 27.7 Å². The summed E-state index contributed by atoms with van der Waals surface area (Å²) >= 11 is 0. The van der Waals surface area contributed by atoms with Crippen molar-refractivity contribution in [1.29, 1.82) is 0 Å². The number of hydrogen-bond donors (Lipinski definition) is 0. The summed E-state index contributed by atoms with van der Waals surface area (Å²) in [4.78, 5) is 0. The van der Waals surface area contributed by atoms with Crippen molar-refractivity contribution in [2.24, 2.45) is 0 Å². The Morgan fingerprint density at radius 3 is 1.03 bits per heavy atom. The molecule has 0 aliphatic carbocycles. The average molecular weight is 455 g/mol. The molecule has 0 N–H and O–H groups in total. The Morgan fingerprint density at radius 2 is 0.697 bits per heavy atom. The van der Waals surface area contributed by atoms with Crippen LogP contribution in [0.5, 0.6) is 0 Å². The summed E-state index contributed by atoms with van der Waals surface area (Å²) in [6, 6.07) is 41.8. The van der Waals surface area contributed by atoms with E-state index in [4.69, 9.17) is 13.3 Å². The van der Waals surface area contributed by atoms with E-state index in [9.17, 15) is 0 Å². The molecule has 0 bridgehead atoms. The Hall–Kier alpha value is -3.02. The van der Waals surface area contributed by atoms with E-state index in [0.29, 0.717) is 25.9 Å². The normalized spacial score (nSPS) is 11.4. The van der Waals surface area contributed by atoms with E-state index in [-0.39, 0.29) is 0 Å². The first-order valence-electron chi connectivity index (χ1n) is 11.4. The van der Waals surface area contributed by atoms with Gasteiger partial charge in [-0.1, -0.05) is 121 Å².